The number of hydrogen-bond donors (Lipinski definition) is 3. The molecule has 5 atom stereocenters. The van der Waals surface area contributed by atoms with E-state index >= 15 is 0 Å². The number of aliphatic hydroxyl groups is 1. The Morgan fingerprint density at radius 2 is 1.90 bits per heavy atom. The molecule has 0 radical (unpaired) electrons. The van der Waals surface area contributed by atoms with Gasteiger partial charge in [0.15, 0.2) is 12.1 Å². The zero-order valence-corrected chi connectivity index (χ0v) is 12.6. The van der Waals surface area contributed by atoms with Crippen molar-refractivity contribution in [3.63, 3.8) is 0 Å². The number of aliphatic hydroxyl groups excluding tert-OH is 1. The molecule has 21 heavy (non-hydrogen) atoms. The molecule has 2 saturated heterocycles. The van der Waals surface area contributed by atoms with Gasteiger partial charge in [-0.2, -0.15) is 0 Å². The van der Waals surface area contributed by atoms with Crippen LogP contribution < -0.4 is 10.6 Å². The number of fused-ring (bicyclic) bond motifs is 1. The van der Waals surface area contributed by atoms with E-state index in [1.165, 1.54) is 13.8 Å². The van der Waals surface area contributed by atoms with Crippen LogP contribution >= 0.6 is 0 Å². The zero-order chi connectivity index (χ0) is 15.8. The average Bonchev–Trinajstić information content (AvgIpc) is 2.79. The van der Waals surface area contributed by atoms with Crippen LogP contribution in [0.25, 0.3) is 0 Å². The number of carbonyl (C=O) groups excluding carboxylic acids is 2. The van der Waals surface area contributed by atoms with Gasteiger partial charge < -0.3 is 30.0 Å². The van der Waals surface area contributed by atoms with E-state index in [0.717, 1.165) is 0 Å². The molecule has 2 rings (SSSR count). The van der Waals surface area contributed by atoms with Gasteiger partial charge in [0.2, 0.25) is 11.8 Å². The molecule has 0 aliphatic carbocycles. The van der Waals surface area contributed by atoms with Gasteiger partial charge in [-0.05, 0) is 13.8 Å². The predicted molar refractivity (Wildman–Crippen MR) is 71.0 cm³/mol. The lowest BCUT2D eigenvalue weighted by molar-refractivity contribution is -0.216. The first-order valence-electron chi connectivity index (χ1n) is 6.90. The summed E-state index contributed by atoms with van der Waals surface area (Å²) in [6, 6.07) is -0.543. The van der Waals surface area contributed by atoms with Gasteiger partial charge in [0.25, 0.3) is 0 Å². The van der Waals surface area contributed by atoms with Crippen molar-refractivity contribution in [3.05, 3.63) is 0 Å². The van der Waals surface area contributed by atoms with E-state index in [0.29, 0.717) is 0 Å². The summed E-state index contributed by atoms with van der Waals surface area (Å²) in [5, 5.41) is 15.4. The second kappa shape index (κ2) is 5.88. The molecule has 2 aliphatic heterocycles. The molecular weight excluding hydrogens is 280 g/mol. The summed E-state index contributed by atoms with van der Waals surface area (Å²) in [5.74, 6) is -1.31. The second-order valence-corrected chi connectivity index (χ2v) is 5.80. The van der Waals surface area contributed by atoms with E-state index in [4.69, 9.17) is 14.2 Å². The van der Waals surface area contributed by atoms with Crippen LogP contribution in [0.3, 0.4) is 0 Å². The summed E-state index contributed by atoms with van der Waals surface area (Å²) >= 11 is 0. The van der Waals surface area contributed by atoms with Gasteiger partial charge in [0.05, 0.1) is 12.1 Å². The minimum Gasteiger partial charge on any atom is -0.388 e. The molecule has 8 heteroatoms. The largest absolute Gasteiger partial charge is 0.388 e. The van der Waals surface area contributed by atoms with Gasteiger partial charge in [-0.1, -0.05) is 0 Å². The Bertz CT molecular complexity index is 427. The molecule has 3 N–H and O–H groups in total. The molecule has 120 valence electrons. The van der Waals surface area contributed by atoms with E-state index in [2.05, 4.69) is 10.6 Å². The quantitative estimate of drug-likeness (QED) is 0.606. The number of nitrogens with one attached hydrogen (secondary N) is 2. The molecule has 0 aromatic carbocycles. The maximum Gasteiger partial charge on any atom is 0.217 e. The molecule has 2 heterocycles. The number of amides is 2. The molecule has 0 spiro atoms. The third-order valence-corrected chi connectivity index (χ3v) is 3.40. The minimum atomic E-state index is -0.980. The minimum absolute atomic E-state index is 0.0267. The second-order valence-electron chi connectivity index (χ2n) is 5.80. The molecule has 0 aromatic rings. The number of hydrogen-bond acceptors (Lipinski definition) is 6. The Labute approximate surface area is 123 Å². The van der Waals surface area contributed by atoms with Crippen LogP contribution in [0, 0.1) is 0 Å². The van der Waals surface area contributed by atoms with Crippen molar-refractivity contribution in [2.75, 3.05) is 6.54 Å². The molecule has 2 fully saturated rings. The highest BCUT2D eigenvalue weighted by Gasteiger charge is 2.56. The van der Waals surface area contributed by atoms with Crippen molar-refractivity contribution in [3.8, 4) is 0 Å². The molecule has 5 unspecified atom stereocenters. The average molecular weight is 302 g/mol. The number of rotatable bonds is 4. The van der Waals surface area contributed by atoms with Gasteiger partial charge in [-0.15, -0.1) is 0 Å². The predicted octanol–water partition coefficient (Wildman–Crippen LogP) is -1.14. The molecule has 0 aromatic heterocycles. The van der Waals surface area contributed by atoms with Crippen LogP contribution in [0.15, 0.2) is 0 Å². The summed E-state index contributed by atoms with van der Waals surface area (Å²) < 4.78 is 17.0. The highest BCUT2D eigenvalue weighted by molar-refractivity contribution is 5.73. The summed E-state index contributed by atoms with van der Waals surface area (Å²) in [6.45, 7) is 6.27. The van der Waals surface area contributed by atoms with Crippen LogP contribution in [0.2, 0.25) is 0 Å². The molecular formula is C13H22N2O6. The third kappa shape index (κ3) is 3.70. The van der Waals surface area contributed by atoms with Gasteiger partial charge in [-0.25, -0.2) is 0 Å². The van der Waals surface area contributed by atoms with Gasteiger partial charge in [0, 0.05) is 20.4 Å². The standard InChI is InChI=1S/C13H22N2O6/c1-6(16)14-5-8(18)10-9(15-7(2)17)11-12(19-10)21-13(3,4)20-11/h8-12,18H,5H2,1-4H3,(H,14,16)(H,15,17). The fraction of sp³-hybridized carbons (Fsp3) is 0.846. The van der Waals surface area contributed by atoms with E-state index in [9.17, 15) is 14.7 Å². The monoisotopic (exact) mass is 302 g/mol. The van der Waals surface area contributed by atoms with Crippen LogP contribution in [0.1, 0.15) is 27.7 Å². The Morgan fingerprint density at radius 3 is 2.48 bits per heavy atom. The van der Waals surface area contributed by atoms with E-state index < -0.39 is 36.4 Å². The normalized spacial score (nSPS) is 35.1. The lowest BCUT2D eigenvalue weighted by Crippen LogP contribution is -2.53. The smallest absolute Gasteiger partial charge is 0.217 e. The first kappa shape index (κ1) is 16.2. The molecule has 0 bridgehead atoms. The number of ether oxygens (including phenoxy) is 3. The lowest BCUT2D eigenvalue weighted by Gasteiger charge is -2.28. The first-order chi connectivity index (χ1) is 9.69. The topological polar surface area (TPSA) is 106 Å². The Kier molecular flexibility index (Phi) is 4.52. The Morgan fingerprint density at radius 1 is 1.24 bits per heavy atom. The van der Waals surface area contributed by atoms with Crippen molar-refractivity contribution in [1.29, 1.82) is 0 Å². The van der Waals surface area contributed by atoms with E-state index in [1.807, 2.05) is 0 Å². The van der Waals surface area contributed by atoms with E-state index in [-0.39, 0.29) is 18.4 Å². The Balaban J connectivity index is 2.07. The van der Waals surface area contributed by atoms with Crippen molar-refractivity contribution in [2.45, 2.75) is 64.1 Å². The lowest BCUT2D eigenvalue weighted by atomic mass is 10.0. The van der Waals surface area contributed by atoms with Crippen LogP contribution in [-0.4, -0.2) is 59.9 Å². The van der Waals surface area contributed by atoms with E-state index in [1.54, 1.807) is 13.8 Å². The molecule has 8 nitrogen and oxygen atoms in total. The van der Waals surface area contributed by atoms with Crippen molar-refractivity contribution < 1.29 is 28.9 Å². The van der Waals surface area contributed by atoms with Gasteiger partial charge in [-0.3, -0.25) is 9.59 Å². The Hall–Kier alpha value is -1.22. The summed E-state index contributed by atoms with van der Waals surface area (Å²) in [5.41, 5.74) is 0. The van der Waals surface area contributed by atoms with Crippen LogP contribution in [0.5, 0.6) is 0 Å². The fourth-order valence-electron chi connectivity index (χ4n) is 2.63. The first-order valence-corrected chi connectivity index (χ1v) is 6.90. The van der Waals surface area contributed by atoms with Gasteiger partial charge in [0.1, 0.15) is 12.2 Å². The summed E-state index contributed by atoms with van der Waals surface area (Å²) in [6.07, 6.45) is -2.85. The number of carbonyl (C=O) groups is 2. The van der Waals surface area contributed by atoms with Crippen LogP contribution in [-0.2, 0) is 23.8 Å². The molecule has 0 saturated carbocycles. The van der Waals surface area contributed by atoms with Crippen molar-refractivity contribution >= 4 is 11.8 Å². The van der Waals surface area contributed by atoms with Crippen molar-refractivity contribution in [2.24, 2.45) is 0 Å². The van der Waals surface area contributed by atoms with Crippen molar-refractivity contribution in [1.82, 2.24) is 10.6 Å². The maximum atomic E-state index is 11.4. The van der Waals surface area contributed by atoms with Crippen LogP contribution in [0.4, 0.5) is 0 Å². The summed E-state index contributed by atoms with van der Waals surface area (Å²) in [4.78, 5) is 22.3. The third-order valence-electron chi connectivity index (χ3n) is 3.40. The maximum absolute atomic E-state index is 11.4. The molecule has 2 amide bonds. The molecule has 2 aliphatic rings. The van der Waals surface area contributed by atoms with Gasteiger partial charge >= 0.3 is 0 Å². The highest BCUT2D eigenvalue weighted by atomic mass is 16.8. The summed E-state index contributed by atoms with van der Waals surface area (Å²) in [7, 11) is 0. The zero-order valence-electron chi connectivity index (χ0n) is 12.6. The SMILES string of the molecule is CC(=O)NCC(O)C1OC2OC(C)(C)OC2C1NC(C)=O. The highest BCUT2D eigenvalue weighted by Crippen LogP contribution is 2.38. The fourth-order valence-corrected chi connectivity index (χ4v) is 2.63.